The summed E-state index contributed by atoms with van der Waals surface area (Å²) in [4.78, 5) is 4.44. The van der Waals surface area contributed by atoms with Gasteiger partial charge in [0.25, 0.3) is 0 Å². The van der Waals surface area contributed by atoms with E-state index in [1.165, 1.54) is 5.56 Å². The number of nitrogens with two attached hydrogens (primary N) is 1. The third-order valence-corrected chi connectivity index (χ3v) is 3.16. The number of nitrogen functional groups attached to an aromatic ring is 1. The van der Waals surface area contributed by atoms with E-state index >= 15 is 0 Å². The second-order valence-corrected chi connectivity index (χ2v) is 4.83. The number of aromatic nitrogens is 3. The first-order chi connectivity index (χ1) is 9.22. The fraction of sp³-hybridized carbons (Fsp3) is 0.143. The van der Waals surface area contributed by atoms with Gasteiger partial charge < -0.3 is 5.73 Å². The predicted octanol–water partition coefficient (Wildman–Crippen LogP) is 2.75. The molecule has 0 bridgehead atoms. The second-order valence-electron chi connectivity index (χ2n) is 4.40. The van der Waals surface area contributed by atoms with Crippen LogP contribution in [0, 0.1) is 0 Å². The number of fused-ring (bicyclic) bond motifs is 1. The summed E-state index contributed by atoms with van der Waals surface area (Å²) in [6.45, 7) is 0. The van der Waals surface area contributed by atoms with Gasteiger partial charge in [-0.2, -0.15) is 5.10 Å². The van der Waals surface area contributed by atoms with Gasteiger partial charge in [0.15, 0.2) is 11.5 Å². The zero-order valence-corrected chi connectivity index (χ0v) is 11.0. The lowest BCUT2D eigenvalue weighted by Crippen LogP contribution is -1.94. The van der Waals surface area contributed by atoms with Gasteiger partial charge in [-0.25, -0.2) is 9.50 Å². The summed E-state index contributed by atoms with van der Waals surface area (Å²) in [6, 6.07) is 12.0. The van der Waals surface area contributed by atoms with E-state index in [0.29, 0.717) is 16.4 Å². The molecule has 5 heteroatoms. The Morgan fingerprint density at radius 3 is 2.74 bits per heavy atom. The Labute approximate surface area is 115 Å². The van der Waals surface area contributed by atoms with Crippen LogP contribution in [-0.4, -0.2) is 14.6 Å². The number of rotatable bonds is 3. The SMILES string of the molecule is Nc1cc(Cl)cn2nc(CCc3ccccc3)nc12. The monoisotopic (exact) mass is 272 g/mol. The smallest absolute Gasteiger partial charge is 0.178 e. The number of hydrogen-bond acceptors (Lipinski definition) is 3. The first kappa shape index (κ1) is 12.0. The van der Waals surface area contributed by atoms with Crippen molar-refractivity contribution >= 4 is 22.9 Å². The number of nitrogens with zero attached hydrogens (tertiary/aromatic N) is 3. The molecule has 0 atom stereocenters. The molecule has 19 heavy (non-hydrogen) atoms. The average Bonchev–Trinajstić information content (AvgIpc) is 2.81. The van der Waals surface area contributed by atoms with Crippen LogP contribution in [0.4, 0.5) is 5.69 Å². The minimum atomic E-state index is 0.547. The topological polar surface area (TPSA) is 56.2 Å². The number of aryl methyl sites for hydroxylation is 2. The van der Waals surface area contributed by atoms with E-state index in [1.807, 2.05) is 18.2 Å². The highest BCUT2D eigenvalue weighted by Crippen LogP contribution is 2.18. The summed E-state index contributed by atoms with van der Waals surface area (Å²) in [5.41, 5.74) is 8.35. The van der Waals surface area contributed by atoms with Gasteiger partial charge in [0.05, 0.1) is 10.7 Å². The lowest BCUT2D eigenvalue weighted by Gasteiger charge is -1.96. The van der Waals surface area contributed by atoms with Crippen molar-refractivity contribution < 1.29 is 0 Å². The van der Waals surface area contributed by atoms with Crippen molar-refractivity contribution in [3.8, 4) is 0 Å². The van der Waals surface area contributed by atoms with Crippen LogP contribution in [0.25, 0.3) is 5.65 Å². The standard InChI is InChI=1S/C14H13ClN4/c15-11-8-12(16)14-17-13(18-19(14)9-11)7-6-10-4-2-1-3-5-10/h1-5,8-9H,6-7,16H2. The molecule has 2 heterocycles. The van der Waals surface area contributed by atoms with Gasteiger partial charge in [0.2, 0.25) is 0 Å². The Kier molecular flexibility index (Phi) is 3.09. The van der Waals surface area contributed by atoms with Crippen LogP contribution in [0.1, 0.15) is 11.4 Å². The molecule has 2 N–H and O–H groups in total. The zero-order valence-electron chi connectivity index (χ0n) is 10.3. The molecule has 1 aromatic carbocycles. The molecule has 0 aliphatic heterocycles. The summed E-state index contributed by atoms with van der Waals surface area (Å²) in [5.74, 6) is 0.776. The lowest BCUT2D eigenvalue weighted by atomic mass is 10.1. The molecule has 4 nitrogen and oxygen atoms in total. The predicted molar refractivity (Wildman–Crippen MR) is 76.3 cm³/mol. The Bertz CT molecular complexity index is 706. The molecule has 3 aromatic rings. The minimum Gasteiger partial charge on any atom is -0.396 e. The van der Waals surface area contributed by atoms with E-state index < -0.39 is 0 Å². The molecule has 0 aliphatic carbocycles. The van der Waals surface area contributed by atoms with Gasteiger partial charge in [0, 0.05) is 12.6 Å². The quantitative estimate of drug-likeness (QED) is 0.798. The Morgan fingerprint density at radius 1 is 1.16 bits per heavy atom. The number of benzene rings is 1. The first-order valence-electron chi connectivity index (χ1n) is 6.06. The van der Waals surface area contributed by atoms with E-state index in [-0.39, 0.29) is 0 Å². The van der Waals surface area contributed by atoms with Crippen LogP contribution in [0.3, 0.4) is 0 Å². The molecular formula is C14H13ClN4. The zero-order chi connectivity index (χ0) is 13.2. The Morgan fingerprint density at radius 2 is 1.95 bits per heavy atom. The molecule has 96 valence electrons. The number of halogens is 1. The third-order valence-electron chi connectivity index (χ3n) is 2.95. The van der Waals surface area contributed by atoms with E-state index in [4.69, 9.17) is 17.3 Å². The van der Waals surface area contributed by atoms with Crippen molar-refractivity contribution in [1.82, 2.24) is 14.6 Å². The normalized spacial score (nSPS) is 11.0. The molecule has 0 spiro atoms. The third kappa shape index (κ3) is 2.53. The fourth-order valence-corrected chi connectivity index (χ4v) is 2.24. The maximum Gasteiger partial charge on any atom is 0.178 e. The van der Waals surface area contributed by atoms with Crippen molar-refractivity contribution in [2.75, 3.05) is 5.73 Å². The van der Waals surface area contributed by atoms with Crippen LogP contribution in [-0.2, 0) is 12.8 Å². The Hall–Kier alpha value is -2.07. The van der Waals surface area contributed by atoms with Gasteiger partial charge in [-0.05, 0) is 18.1 Å². The number of anilines is 1. The van der Waals surface area contributed by atoms with Gasteiger partial charge in [-0.3, -0.25) is 0 Å². The highest BCUT2D eigenvalue weighted by molar-refractivity contribution is 6.30. The molecule has 0 fully saturated rings. The summed E-state index contributed by atoms with van der Waals surface area (Å²) in [7, 11) is 0. The van der Waals surface area contributed by atoms with Crippen LogP contribution in [0.15, 0.2) is 42.6 Å². The van der Waals surface area contributed by atoms with Crippen molar-refractivity contribution in [3.05, 3.63) is 59.0 Å². The van der Waals surface area contributed by atoms with Crippen molar-refractivity contribution in [2.45, 2.75) is 12.8 Å². The van der Waals surface area contributed by atoms with E-state index in [1.54, 1.807) is 16.8 Å². The second kappa shape index (κ2) is 4.90. The maximum absolute atomic E-state index is 5.94. The van der Waals surface area contributed by atoms with Crippen LogP contribution in [0.2, 0.25) is 5.02 Å². The average molecular weight is 273 g/mol. The molecule has 3 rings (SSSR count). The molecule has 2 aromatic heterocycles. The lowest BCUT2D eigenvalue weighted by molar-refractivity contribution is 0.837. The van der Waals surface area contributed by atoms with Gasteiger partial charge in [0.1, 0.15) is 0 Å². The summed E-state index contributed by atoms with van der Waals surface area (Å²) >= 11 is 5.94. The fourth-order valence-electron chi connectivity index (χ4n) is 2.03. The van der Waals surface area contributed by atoms with Crippen LogP contribution >= 0.6 is 11.6 Å². The van der Waals surface area contributed by atoms with Crippen LogP contribution in [0.5, 0.6) is 0 Å². The molecule has 0 saturated heterocycles. The largest absolute Gasteiger partial charge is 0.396 e. The maximum atomic E-state index is 5.94. The van der Waals surface area contributed by atoms with E-state index in [9.17, 15) is 0 Å². The van der Waals surface area contributed by atoms with Crippen molar-refractivity contribution in [3.63, 3.8) is 0 Å². The van der Waals surface area contributed by atoms with Gasteiger partial charge in [-0.1, -0.05) is 41.9 Å². The highest BCUT2D eigenvalue weighted by Gasteiger charge is 2.07. The summed E-state index contributed by atoms with van der Waals surface area (Å²) in [6.07, 6.45) is 3.40. The molecule has 0 unspecified atom stereocenters. The molecule has 0 saturated carbocycles. The summed E-state index contributed by atoms with van der Waals surface area (Å²) < 4.78 is 1.64. The number of hydrogen-bond donors (Lipinski definition) is 1. The van der Waals surface area contributed by atoms with Crippen LogP contribution < -0.4 is 5.73 Å². The molecule has 0 radical (unpaired) electrons. The molecule has 0 amide bonds. The van der Waals surface area contributed by atoms with E-state index in [0.717, 1.165) is 18.7 Å². The number of pyridine rings is 1. The van der Waals surface area contributed by atoms with E-state index in [2.05, 4.69) is 22.2 Å². The molecular weight excluding hydrogens is 260 g/mol. The molecule has 0 aliphatic rings. The highest BCUT2D eigenvalue weighted by atomic mass is 35.5. The van der Waals surface area contributed by atoms with Gasteiger partial charge in [-0.15, -0.1) is 0 Å². The van der Waals surface area contributed by atoms with Crippen molar-refractivity contribution in [1.29, 1.82) is 0 Å². The first-order valence-corrected chi connectivity index (χ1v) is 6.44. The summed E-state index contributed by atoms with van der Waals surface area (Å²) in [5, 5.41) is 4.95. The van der Waals surface area contributed by atoms with Crippen molar-refractivity contribution in [2.24, 2.45) is 0 Å². The van der Waals surface area contributed by atoms with Gasteiger partial charge >= 0.3 is 0 Å². The minimum absolute atomic E-state index is 0.547. The Balaban J connectivity index is 1.84.